The molecule has 0 radical (unpaired) electrons. The first-order valence-corrected chi connectivity index (χ1v) is 9.16. The van der Waals surface area contributed by atoms with Crippen molar-refractivity contribution in [2.45, 2.75) is 13.5 Å². The van der Waals surface area contributed by atoms with Crippen molar-refractivity contribution in [1.29, 1.82) is 0 Å². The van der Waals surface area contributed by atoms with Crippen LogP contribution in [0.5, 0.6) is 0 Å². The second-order valence-corrected chi connectivity index (χ2v) is 7.27. The van der Waals surface area contributed by atoms with Crippen LogP contribution in [0, 0.1) is 6.92 Å². The van der Waals surface area contributed by atoms with Crippen LogP contribution in [0.1, 0.15) is 11.1 Å². The maximum Gasteiger partial charge on any atom is 0.271 e. The quantitative estimate of drug-likeness (QED) is 0.503. The van der Waals surface area contributed by atoms with E-state index in [1.807, 2.05) is 41.8 Å². The standard InChI is InChI=1S/C20H15ClN2OS/c1-13-5-2-3-8-16(13)17-11-25-19-18(17)22-12-23(20(19)24)10-14-6-4-7-15(21)9-14/h2-9,11-12H,10H2,1H3. The molecule has 3 nitrogen and oxygen atoms in total. The Bertz CT molecular complexity index is 1130. The largest absolute Gasteiger partial charge is 0.294 e. The molecule has 0 saturated heterocycles. The number of hydrogen-bond acceptors (Lipinski definition) is 3. The van der Waals surface area contributed by atoms with Gasteiger partial charge in [0, 0.05) is 16.0 Å². The zero-order valence-corrected chi connectivity index (χ0v) is 15.1. The molecule has 0 aliphatic heterocycles. The lowest BCUT2D eigenvalue weighted by atomic mass is 10.0. The molecule has 0 amide bonds. The van der Waals surface area contributed by atoms with Crippen LogP contribution in [0.25, 0.3) is 21.3 Å². The van der Waals surface area contributed by atoms with E-state index in [1.54, 1.807) is 10.9 Å². The van der Waals surface area contributed by atoms with Gasteiger partial charge in [0.2, 0.25) is 0 Å². The number of hydrogen-bond donors (Lipinski definition) is 0. The number of thiophene rings is 1. The highest BCUT2D eigenvalue weighted by molar-refractivity contribution is 7.17. The van der Waals surface area contributed by atoms with E-state index in [0.29, 0.717) is 16.3 Å². The molecule has 2 aromatic carbocycles. The lowest BCUT2D eigenvalue weighted by Crippen LogP contribution is -2.20. The van der Waals surface area contributed by atoms with Gasteiger partial charge in [0.25, 0.3) is 5.56 Å². The highest BCUT2D eigenvalue weighted by Gasteiger charge is 2.13. The molecule has 0 aliphatic rings. The Kier molecular flexibility index (Phi) is 4.15. The van der Waals surface area contributed by atoms with Gasteiger partial charge in [-0.1, -0.05) is 48.0 Å². The van der Waals surface area contributed by atoms with Crippen LogP contribution in [0.3, 0.4) is 0 Å². The van der Waals surface area contributed by atoms with Crippen molar-refractivity contribution in [3.63, 3.8) is 0 Å². The number of fused-ring (bicyclic) bond motifs is 1. The molecule has 0 fully saturated rings. The Morgan fingerprint density at radius 1 is 1.12 bits per heavy atom. The molecular formula is C20H15ClN2OS. The van der Waals surface area contributed by atoms with Crippen molar-refractivity contribution in [1.82, 2.24) is 9.55 Å². The van der Waals surface area contributed by atoms with Crippen LogP contribution >= 0.6 is 22.9 Å². The van der Waals surface area contributed by atoms with Gasteiger partial charge in [-0.3, -0.25) is 9.36 Å². The average molecular weight is 367 g/mol. The molecule has 4 rings (SSSR count). The molecule has 0 bridgehead atoms. The molecule has 124 valence electrons. The molecular weight excluding hydrogens is 352 g/mol. The van der Waals surface area contributed by atoms with Gasteiger partial charge in [-0.2, -0.15) is 0 Å². The van der Waals surface area contributed by atoms with E-state index in [-0.39, 0.29) is 5.56 Å². The van der Waals surface area contributed by atoms with Gasteiger partial charge in [-0.25, -0.2) is 4.98 Å². The molecule has 2 aromatic heterocycles. The summed E-state index contributed by atoms with van der Waals surface area (Å²) in [6.07, 6.45) is 1.63. The first-order valence-electron chi connectivity index (χ1n) is 7.90. The van der Waals surface area contributed by atoms with Crippen LogP contribution < -0.4 is 5.56 Å². The third-order valence-corrected chi connectivity index (χ3v) is 5.42. The second-order valence-electron chi connectivity index (χ2n) is 5.95. The van der Waals surface area contributed by atoms with Crippen LogP contribution in [0.15, 0.2) is 65.0 Å². The molecule has 0 aliphatic carbocycles. The van der Waals surface area contributed by atoms with E-state index < -0.39 is 0 Å². The van der Waals surface area contributed by atoms with Crippen molar-refractivity contribution in [3.05, 3.63) is 86.7 Å². The maximum absolute atomic E-state index is 12.8. The van der Waals surface area contributed by atoms with Gasteiger partial charge in [0.15, 0.2) is 0 Å². The Balaban J connectivity index is 1.80. The summed E-state index contributed by atoms with van der Waals surface area (Å²) in [6, 6.07) is 15.7. The lowest BCUT2D eigenvalue weighted by molar-refractivity contribution is 0.750. The summed E-state index contributed by atoms with van der Waals surface area (Å²) in [5, 5.41) is 2.68. The number of aryl methyl sites for hydroxylation is 1. The topological polar surface area (TPSA) is 34.9 Å². The predicted octanol–water partition coefficient (Wildman–Crippen LogP) is 5.14. The fourth-order valence-electron chi connectivity index (χ4n) is 2.95. The first kappa shape index (κ1) is 16.1. The summed E-state index contributed by atoms with van der Waals surface area (Å²) in [5.41, 5.74) is 5.04. The second kappa shape index (κ2) is 6.47. The van der Waals surface area contributed by atoms with E-state index in [2.05, 4.69) is 24.0 Å². The van der Waals surface area contributed by atoms with Gasteiger partial charge in [0.1, 0.15) is 4.70 Å². The molecule has 0 spiro atoms. The molecule has 0 unspecified atom stereocenters. The highest BCUT2D eigenvalue weighted by Crippen LogP contribution is 2.32. The fraction of sp³-hybridized carbons (Fsp3) is 0.100. The summed E-state index contributed by atoms with van der Waals surface area (Å²) in [7, 11) is 0. The van der Waals surface area contributed by atoms with Crippen molar-refractivity contribution in [2.24, 2.45) is 0 Å². The molecule has 25 heavy (non-hydrogen) atoms. The monoisotopic (exact) mass is 366 g/mol. The zero-order chi connectivity index (χ0) is 17.4. The fourth-order valence-corrected chi connectivity index (χ4v) is 4.13. The van der Waals surface area contributed by atoms with E-state index in [0.717, 1.165) is 22.2 Å². The SMILES string of the molecule is Cc1ccccc1-c1csc2c(=O)n(Cc3cccc(Cl)c3)cnc12. The summed E-state index contributed by atoms with van der Waals surface area (Å²) < 4.78 is 2.31. The number of nitrogens with zero attached hydrogens (tertiary/aromatic N) is 2. The Labute approximate surface area is 154 Å². The van der Waals surface area contributed by atoms with Crippen molar-refractivity contribution in [2.75, 3.05) is 0 Å². The molecule has 2 heterocycles. The molecule has 4 aromatic rings. The smallest absolute Gasteiger partial charge is 0.271 e. The first-order chi connectivity index (χ1) is 12.1. The van der Waals surface area contributed by atoms with Gasteiger partial charge in [-0.15, -0.1) is 11.3 Å². The number of benzene rings is 2. The Morgan fingerprint density at radius 3 is 2.76 bits per heavy atom. The van der Waals surface area contributed by atoms with Crippen molar-refractivity contribution in [3.8, 4) is 11.1 Å². The average Bonchev–Trinajstić information content (AvgIpc) is 3.02. The minimum Gasteiger partial charge on any atom is -0.294 e. The third-order valence-electron chi connectivity index (χ3n) is 4.22. The van der Waals surface area contributed by atoms with E-state index in [1.165, 1.54) is 16.9 Å². The Hall–Kier alpha value is -2.43. The maximum atomic E-state index is 12.8. The molecule has 5 heteroatoms. The lowest BCUT2D eigenvalue weighted by Gasteiger charge is -2.07. The zero-order valence-electron chi connectivity index (χ0n) is 13.6. The predicted molar refractivity (Wildman–Crippen MR) is 105 cm³/mol. The number of aromatic nitrogens is 2. The van der Waals surface area contributed by atoms with E-state index >= 15 is 0 Å². The molecule has 0 N–H and O–H groups in total. The van der Waals surface area contributed by atoms with Crippen LogP contribution in [-0.2, 0) is 6.54 Å². The highest BCUT2D eigenvalue weighted by atomic mass is 35.5. The number of halogens is 1. The van der Waals surface area contributed by atoms with E-state index in [4.69, 9.17) is 11.6 Å². The number of rotatable bonds is 3. The van der Waals surface area contributed by atoms with Gasteiger partial charge in [0.05, 0.1) is 18.4 Å². The third kappa shape index (κ3) is 2.99. The minimum absolute atomic E-state index is 0.0187. The summed E-state index contributed by atoms with van der Waals surface area (Å²) in [5.74, 6) is 0. The van der Waals surface area contributed by atoms with Crippen LogP contribution in [-0.4, -0.2) is 9.55 Å². The van der Waals surface area contributed by atoms with Crippen molar-refractivity contribution >= 4 is 33.2 Å². The minimum atomic E-state index is -0.0187. The van der Waals surface area contributed by atoms with Crippen molar-refractivity contribution < 1.29 is 0 Å². The van der Waals surface area contributed by atoms with E-state index in [9.17, 15) is 4.79 Å². The summed E-state index contributed by atoms with van der Waals surface area (Å²) in [4.78, 5) is 17.4. The summed E-state index contributed by atoms with van der Waals surface area (Å²) >= 11 is 7.48. The van der Waals surface area contributed by atoms with Gasteiger partial charge in [-0.05, 0) is 35.7 Å². The molecule has 0 atom stereocenters. The Morgan fingerprint density at radius 2 is 1.96 bits per heavy atom. The van der Waals surface area contributed by atoms with Crippen LogP contribution in [0.2, 0.25) is 5.02 Å². The van der Waals surface area contributed by atoms with Crippen LogP contribution in [0.4, 0.5) is 0 Å². The normalized spacial score (nSPS) is 11.1. The summed E-state index contributed by atoms with van der Waals surface area (Å²) in [6.45, 7) is 2.53. The van der Waals surface area contributed by atoms with Gasteiger partial charge < -0.3 is 0 Å². The van der Waals surface area contributed by atoms with Gasteiger partial charge >= 0.3 is 0 Å². The molecule has 0 saturated carbocycles.